The second kappa shape index (κ2) is 9.78. The molecule has 2 aliphatic rings. The molecule has 0 spiro atoms. The molecule has 6 nitrogen and oxygen atoms in total. The van der Waals surface area contributed by atoms with Gasteiger partial charge in [0.15, 0.2) is 0 Å². The Balaban J connectivity index is 1.65. The molecule has 0 unspecified atom stereocenters. The zero-order valence-electron chi connectivity index (χ0n) is 21.0. The Morgan fingerprint density at radius 1 is 1.06 bits per heavy atom. The average molecular weight is 485 g/mol. The number of aliphatic hydroxyl groups excluding tert-OH is 1. The van der Waals surface area contributed by atoms with Gasteiger partial charge < -0.3 is 19.6 Å². The van der Waals surface area contributed by atoms with Crippen LogP contribution in [0.2, 0.25) is 0 Å². The third-order valence-corrected chi connectivity index (χ3v) is 7.38. The van der Waals surface area contributed by atoms with Crippen LogP contribution in [-0.2, 0) is 16.0 Å². The molecule has 186 valence electrons. The minimum atomic E-state index is -0.671. The van der Waals surface area contributed by atoms with Gasteiger partial charge in [0.05, 0.1) is 11.6 Å². The maximum atomic E-state index is 13.5. The molecule has 3 aromatic rings. The number of rotatable bonds is 7. The van der Waals surface area contributed by atoms with E-state index in [-0.39, 0.29) is 17.4 Å². The van der Waals surface area contributed by atoms with E-state index < -0.39 is 17.7 Å². The number of hydrogen-bond donors (Lipinski definition) is 1. The Hall–Kier alpha value is -3.64. The van der Waals surface area contributed by atoms with Crippen LogP contribution in [0.25, 0.3) is 16.5 Å². The van der Waals surface area contributed by atoms with E-state index in [2.05, 4.69) is 18.7 Å². The number of ether oxygens (including phenoxy) is 1. The largest absolute Gasteiger partial charge is 0.507 e. The fraction of sp³-hybridized carbons (Fsp3) is 0.333. The topological polar surface area (TPSA) is 70.1 Å². The van der Waals surface area contributed by atoms with Gasteiger partial charge in [0.2, 0.25) is 0 Å². The number of benzene rings is 3. The molecule has 36 heavy (non-hydrogen) atoms. The first-order chi connectivity index (χ1) is 17.4. The average Bonchev–Trinajstić information content (AvgIpc) is 3.39. The first-order valence-electron chi connectivity index (χ1n) is 12.7. The SMILES string of the molecule is CCN(CC)CCN1C(=O)C(=O)C(=C(O)c2ccc3c(c2)C[C@@H](C)O3)[C@@H]1c1cccc2ccccc12. The van der Waals surface area contributed by atoms with Gasteiger partial charge in [-0.15, -0.1) is 0 Å². The molecule has 1 fully saturated rings. The highest BCUT2D eigenvalue weighted by atomic mass is 16.5. The van der Waals surface area contributed by atoms with Crippen molar-refractivity contribution >= 4 is 28.2 Å². The molecule has 6 heteroatoms. The highest BCUT2D eigenvalue weighted by Crippen LogP contribution is 2.42. The molecule has 1 amide bonds. The lowest BCUT2D eigenvalue weighted by Crippen LogP contribution is -2.38. The van der Waals surface area contributed by atoms with Crippen molar-refractivity contribution in [3.05, 3.63) is 82.9 Å². The normalized spacial score (nSPS) is 20.8. The third kappa shape index (κ3) is 4.16. The summed E-state index contributed by atoms with van der Waals surface area (Å²) >= 11 is 0. The predicted molar refractivity (Wildman–Crippen MR) is 141 cm³/mol. The number of nitrogens with zero attached hydrogens (tertiary/aromatic N) is 2. The minimum absolute atomic E-state index is 0.0683. The van der Waals surface area contributed by atoms with E-state index in [9.17, 15) is 14.7 Å². The number of fused-ring (bicyclic) bond motifs is 2. The van der Waals surface area contributed by atoms with Gasteiger partial charge in [-0.3, -0.25) is 9.59 Å². The van der Waals surface area contributed by atoms with Crippen LogP contribution in [0.3, 0.4) is 0 Å². The van der Waals surface area contributed by atoms with E-state index in [1.807, 2.05) is 61.5 Å². The monoisotopic (exact) mass is 484 g/mol. The second-order valence-corrected chi connectivity index (χ2v) is 9.54. The first kappa shape index (κ1) is 24.1. The molecule has 0 radical (unpaired) electrons. The molecular formula is C30H32N2O4. The number of likely N-dealkylation sites (N-methyl/N-ethyl adjacent to an activating group) is 1. The predicted octanol–water partition coefficient (Wildman–Crippen LogP) is 4.93. The quantitative estimate of drug-likeness (QED) is 0.293. The van der Waals surface area contributed by atoms with E-state index in [1.165, 1.54) is 0 Å². The molecule has 5 rings (SSSR count). The number of Topliss-reactive ketones (excluding diaryl/α,β-unsaturated/α-hetero) is 1. The van der Waals surface area contributed by atoms with Crippen molar-refractivity contribution in [1.82, 2.24) is 9.80 Å². The first-order valence-corrected chi connectivity index (χ1v) is 12.7. The highest BCUT2D eigenvalue weighted by Gasteiger charge is 2.46. The summed E-state index contributed by atoms with van der Waals surface area (Å²) in [5, 5.41) is 13.5. The van der Waals surface area contributed by atoms with Crippen LogP contribution in [0.1, 0.15) is 43.5 Å². The summed E-state index contributed by atoms with van der Waals surface area (Å²) in [5.74, 6) is -0.557. The number of carbonyl (C=O) groups excluding carboxylic acids is 2. The Morgan fingerprint density at radius 3 is 2.58 bits per heavy atom. The van der Waals surface area contributed by atoms with E-state index in [1.54, 1.807) is 11.0 Å². The van der Waals surface area contributed by atoms with Crippen molar-refractivity contribution in [1.29, 1.82) is 0 Å². The van der Waals surface area contributed by atoms with E-state index in [0.717, 1.165) is 47.2 Å². The Labute approximate surface area is 211 Å². The molecule has 3 aromatic carbocycles. The van der Waals surface area contributed by atoms with E-state index >= 15 is 0 Å². The Bertz CT molecular complexity index is 1350. The summed E-state index contributed by atoms with van der Waals surface area (Å²) in [6.45, 7) is 8.92. The van der Waals surface area contributed by atoms with Crippen LogP contribution in [0.5, 0.6) is 5.75 Å². The standard InChI is InChI=1S/C30H32N2O4/c1-4-31(5-2)15-16-32-27(24-12-8-10-20-9-6-7-11-23(20)24)26(29(34)30(32)35)28(33)21-13-14-25-22(18-21)17-19(3)36-25/h6-14,18-19,27,33H,4-5,15-17H2,1-3H3/t19-,27+/m1/s1. The lowest BCUT2D eigenvalue weighted by atomic mass is 9.91. The summed E-state index contributed by atoms with van der Waals surface area (Å²) in [5.41, 5.74) is 2.50. The number of ketones is 1. The smallest absolute Gasteiger partial charge is 0.295 e. The number of amides is 1. The second-order valence-electron chi connectivity index (χ2n) is 9.54. The molecule has 1 saturated heterocycles. The summed E-state index contributed by atoms with van der Waals surface area (Å²) < 4.78 is 5.80. The summed E-state index contributed by atoms with van der Waals surface area (Å²) in [7, 11) is 0. The third-order valence-electron chi connectivity index (χ3n) is 7.38. The van der Waals surface area contributed by atoms with Crippen LogP contribution < -0.4 is 4.74 Å². The molecule has 0 aliphatic carbocycles. The Kier molecular flexibility index (Phi) is 6.54. The van der Waals surface area contributed by atoms with Crippen LogP contribution in [0.4, 0.5) is 0 Å². The van der Waals surface area contributed by atoms with Crippen molar-refractivity contribution in [3.8, 4) is 5.75 Å². The number of hydrogen-bond acceptors (Lipinski definition) is 5. The fourth-order valence-electron chi connectivity index (χ4n) is 5.44. The van der Waals surface area contributed by atoms with Gasteiger partial charge in [0, 0.05) is 25.1 Å². The maximum Gasteiger partial charge on any atom is 0.295 e. The number of aliphatic hydroxyl groups is 1. The zero-order chi connectivity index (χ0) is 25.4. The molecule has 0 bridgehead atoms. The van der Waals surface area contributed by atoms with Gasteiger partial charge in [-0.2, -0.15) is 0 Å². The molecular weight excluding hydrogens is 452 g/mol. The van der Waals surface area contributed by atoms with Gasteiger partial charge in [0.25, 0.3) is 11.7 Å². The number of carbonyl (C=O) groups is 2. The summed E-state index contributed by atoms with van der Waals surface area (Å²) in [6.07, 6.45) is 0.806. The van der Waals surface area contributed by atoms with E-state index in [0.29, 0.717) is 18.7 Å². The highest BCUT2D eigenvalue weighted by molar-refractivity contribution is 6.46. The van der Waals surface area contributed by atoms with Crippen molar-refractivity contribution in [2.75, 3.05) is 26.2 Å². The van der Waals surface area contributed by atoms with Crippen LogP contribution in [-0.4, -0.2) is 58.9 Å². The molecule has 1 N–H and O–H groups in total. The fourth-order valence-corrected chi connectivity index (χ4v) is 5.44. The van der Waals surface area contributed by atoms with Crippen LogP contribution in [0.15, 0.2) is 66.2 Å². The Morgan fingerprint density at radius 2 is 1.81 bits per heavy atom. The molecule has 0 aromatic heterocycles. The molecule has 0 saturated carbocycles. The zero-order valence-corrected chi connectivity index (χ0v) is 21.0. The van der Waals surface area contributed by atoms with Gasteiger partial charge in [-0.1, -0.05) is 56.3 Å². The summed E-state index contributed by atoms with van der Waals surface area (Å²) in [6, 6.07) is 18.6. The van der Waals surface area contributed by atoms with Crippen molar-refractivity contribution < 1.29 is 19.4 Å². The van der Waals surface area contributed by atoms with Crippen LogP contribution >= 0.6 is 0 Å². The van der Waals surface area contributed by atoms with Gasteiger partial charge in [-0.05, 0) is 60.1 Å². The minimum Gasteiger partial charge on any atom is -0.507 e. The van der Waals surface area contributed by atoms with E-state index in [4.69, 9.17) is 4.74 Å². The van der Waals surface area contributed by atoms with Crippen LogP contribution in [0, 0.1) is 0 Å². The lowest BCUT2D eigenvalue weighted by Gasteiger charge is -2.29. The maximum absolute atomic E-state index is 13.5. The van der Waals surface area contributed by atoms with Crippen molar-refractivity contribution in [2.45, 2.75) is 39.3 Å². The van der Waals surface area contributed by atoms with Gasteiger partial charge in [0.1, 0.15) is 17.6 Å². The molecule has 2 aliphatic heterocycles. The molecule has 2 atom stereocenters. The van der Waals surface area contributed by atoms with Gasteiger partial charge in [-0.25, -0.2) is 0 Å². The van der Waals surface area contributed by atoms with Gasteiger partial charge >= 0.3 is 0 Å². The van der Waals surface area contributed by atoms with Crippen molar-refractivity contribution in [3.63, 3.8) is 0 Å². The number of likely N-dealkylation sites (tertiary alicyclic amines) is 1. The lowest BCUT2D eigenvalue weighted by molar-refractivity contribution is -0.140. The molecule has 2 heterocycles. The van der Waals surface area contributed by atoms with Crippen molar-refractivity contribution in [2.24, 2.45) is 0 Å². The summed E-state index contributed by atoms with van der Waals surface area (Å²) in [4.78, 5) is 30.7.